The summed E-state index contributed by atoms with van der Waals surface area (Å²) in [6, 6.07) is 18.0. The lowest BCUT2D eigenvalue weighted by molar-refractivity contribution is -0.116. The number of anilines is 1. The van der Waals surface area contributed by atoms with Gasteiger partial charge >= 0.3 is 0 Å². The average Bonchev–Trinajstić information content (AvgIpc) is 3.31. The minimum Gasteiger partial charge on any atom is -0.324 e. The standard InChI is InChI=1S/C27H25FN6O/c1-17-13-18(2)33(31-17)15-20-5-4-6-23(14-20)30-25(35)16-34-27-26(19(3)32-34)24(11-12-29-27)21-7-9-22(28)10-8-21/h4-14H,15-16H2,1-3H3,(H,30,35). The van der Waals surface area contributed by atoms with Crippen molar-refractivity contribution >= 4 is 22.6 Å². The zero-order valence-electron chi connectivity index (χ0n) is 19.8. The number of aryl methyl sites for hydroxylation is 3. The molecule has 1 amide bonds. The highest BCUT2D eigenvalue weighted by molar-refractivity contribution is 5.96. The van der Waals surface area contributed by atoms with E-state index in [1.54, 1.807) is 23.0 Å². The van der Waals surface area contributed by atoms with E-state index in [0.717, 1.165) is 39.2 Å². The van der Waals surface area contributed by atoms with Gasteiger partial charge in [0.1, 0.15) is 12.4 Å². The number of hydrogen-bond acceptors (Lipinski definition) is 4. The van der Waals surface area contributed by atoms with Crippen LogP contribution in [0.25, 0.3) is 22.2 Å². The molecule has 3 aromatic heterocycles. The van der Waals surface area contributed by atoms with E-state index in [-0.39, 0.29) is 18.3 Å². The zero-order chi connectivity index (χ0) is 24.5. The third-order valence-electron chi connectivity index (χ3n) is 5.90. The van der Waals surface area contributed by atoms with Crippen LogP contribution in [0.15, 0.2) is 66.9 Å². The molecule has 0 fully saturated rings. The molecule has 0 spiro atoms. The quantitative estimate of drug-likeness (QED) is 0.379. The fourth-order valence-corrected chi connectivity index (χ4v) is 4.35. The molecule has 2 aromatic carbocycles. The van der Waals surface area contributed by atoms with Gasteiger partial charge in [-0.3, -0.25) is 9.48 Å². The number of rotatable bonds is 6. The van der Waals surface area contributed by atoms with E-state index in [0.29, 0.717) is 17.9 Å². The summed E-state index contributed by atoms with van der Waals surface area (Å²) >= 11 is 0. The van der Waals surface area contributed by atoms with Crippen LogP contribution in [0.3, 0.4) is 0 Å². The molecular weight excluding hydrogens is 443 g/mol. The Labute approximate surface area is 202 Å². The van der Waals surface area contributed by atoms with Crippen LogP contribution in [0.2, 0.25) is 0 Å². The Hall–Kier alpha value is -4.33. The van der Waals surface area contributed by atoms with E-state index in [1.807, 2.05) is 61.9 Å². The van der Waals surface area contributed by atoms with Crippen LogP contribution >= 0.6 is 0 Å². The summed E-state index contributed by atoms with van der Waals surface area (Å²) in [5.41, 5.74) is 6.95. The van der Waals surface area contributed by atoms with E-state index in [2.05, 4.69) is 20.5 Å². The monoisotopic (exact) mass is 468 g/mol. The molecule has 0 saturated heterocycles. The maximum absolute atomic E-state index is 13.4. The Morgan fingerprint density at radius 3 is 2.51 bits per heavy atom. The molecule has 5 rings (SSSR count). The minimum atomic E-state index is -0.290. The van der Waals surface area contributed by atoms with Gasteiger partial charge in [-0.05, 0) is 73.9 Å². The molecule has 5 aromatic rings. The summed E-state index contributed by atoms with van der Waals surface area (Å²) in [6.07, 6.45) is 1.68. The van der Waals surface area contributed by atoms with Crippen LogP contribution in [0.4, 0.5) is 10.1 Å². The number of carbonyl (C=O) groups is 1. The molecule has 7 nitrogen and oxygen atoms in total. The van der Waals surface area contributed by atoms with E-state index >= 15 is 0 Å². The molecule has 0 aliphatic rings. The third kappa shape index (κ3) is 4.68. The summed E-state index contributed by atoms with van der Waals surface area (Å²) in [5, 5.41) is 12.9. The first-order valence-electron chi connectivity index (χ1n) is 11.4. The van der Waals surface area contributed by atoms with Crippen LogP contribution in [0.1, 0.15) is 22.6 Å². The Kier molecular flexibility index (Phi) is 5.86. The molecule has 0 bridgehead atoms. The Balaban J connectivity index is 1.35. The molecular formula is C27H25FN6O. The minimum absolute atomic E-state index is 0.0197. The lowest BCUT2D eigenvalue weighted by Crippen LogP contribution is -2.20. The number of amides is 1. The van der Waals surface area contributed by atoms with E-state index in [4.69, 9.17) is 0 Å². The fourth-order valence-electron chi connectivity index (χ4n) is 4.35. The maximum Gasteiger partial charge on any atom is 0.246 e. The normalized spacial score (nSPS) is 11.2. The van der Waals surface area contributed by atoms with Gasteiger partial charge in [-0.1, -0.05) is 24.3 Å². The van der Waals surface area contributed by atoms with Crippen molar-refractivity contribution in [3.8, 4) is 11.1 Å². The molecule has 1 N–H and O–H groups in total. The first kappa shape index (κ1) is 22.5. The Bertz CT molecular complexity index is 1530. The van der Waals surface area contributed by atoms with Crippen molar-refractivity contribution in [1.82, 2.24) is 24.5 Å². The lowest BCUT2D eigenvalue weighted by atomic mass is 10.0. The maximum atomic E-state index is 13.4. The molecule has 8 heteroatoms. The van der Waals surface area contributed by atoms with Gasteiger partial charge in [0.05, 0.1) is 17.9 Å². The second-order valence-electron chi connectivity index (χ2n) is 8.64. The molecule has 176 valence electrons. The summed E-state index contributed by atoms with van der Waals surface area (Å²) < 4.78 is 16.9. The summed E-state index contributed by atoms with van der Waals surface area (Å²) in [5.74, 6) is -0.492. The number of nitrogens with one attached hydrogen (secondary N) is 1. The van der Waals surface area contributed by atoms with Crippen LogP contribution in [-0.4, -0.2) is 30.5 Å². The third-order valence-corrected chi connectivity index (χ3v) is 5.90. The highest BCUT2D eigenvalue weighted by atomic mass is 19.1. The highest BCUT2D eigenvalue weighted by Gasteiger charge is 2.16. The number of benzene rings is 2. The molecule has 0 aliphatic heterocycles. The van der Waals surface area contributed by atoms with Gasteiger partial charge in [0.15, 0.2) is 5.65 Å². The molecule has 0 unspecified atom stereocenters. The second kappa shape index (κ2) is 9.13. The van der Waals surface area contributed by atoms with Gasteiger partial charge in [-0.2, -0.15) is 10.2 Å². The van der Waals surface area contributed by atoms with Gasteiger partial charge in [0.25, 0.3) is 0 Å². The predicted molar refractivity (Wildman–Crippen MR) is 134 cm³/mol. The van der Waals surface area contributed by atoms with Gasteiger partial charge in [0, 0.05) is 23.0 Å². The molecule has 0 aliphatic carbocycles. The fraction of sp³-hybridized carbons (Fsp3) is 0.185. The van der Waals surface area contributed by atoms with Crippen LogP contribution < -0.4 is 5.32 Å². The van der Waals surface area contributed by atoms with Crippen molar-refractivity contribution in [3.63, 3.8) is 0 Å². The first-order chi connectivity index (χ1) is 16.9. The van der Waals surface area contributed by atoms with E-state index in [9.17, 15) is 9.18 Å². The van der Waals surface area contributed by atoms with E-state index < -0.39 is 0 Å². The van der Waals surface area contributed by atoms with Crippen LogP contribution in [0.5, 0.6) is 0 Å². The van der Waals surface area contributed by atoms with Gasteiger partial charge in [-0.25, -0.2) is 14.1 Å². The summed E-state index contributed by atoms with van der Waals surface area (Å²) in [6.45, 7) is 6.53. The topological polar surface area (TPSA) is 77.6 Å². The SMILES string of the molecule is Cc1cc(C)n(Cc2cccc(NC(=O)Cn3nc(C)c4c(-c5ccc(F)cc5)ccnc43)c2)n1. The number of hydrogen-bond donors (Lipinski definition) is 1. The lowest BCUT2D eigenvalue weighted by Gasteiger charge is -2.09. The predicted octanol–water partition coefficient (Wildman–Crippen LogP) is 5.05. The largest absolute Gasteiger partial charge is 0.324 e. The van der Waals surface area contributed by atoms with Crippen LogP contribution in [0, 0.1) is 26.6 Å². The van der Waals surface area contributed by atoms with Crippen molar-refractivity contribution in [2.45, 2.75) is 33.9 Å². The Morgan fingerprint density at radius 2 is 1.77 bits per heavy atom. The van der Waals surface area contributed by atoms with E-state index in [1.165, 1.54) is 12.1 Å². The smallest absolute Gasteiger partial charge is 0.246 e. The summed E-state index contributed by atoms with van der Waals surface area (Å²) in [4.78, 5) is 17.4. The number of fused-ring (bicyclic) bond motifs is 1. The van der Waals surface area contributed by atoms with Crippen molar-refractivity contribution < 1.29 is 9.18 Å². The van der Waals surface area contributed by atoms with Crippen LogP contribution in [-0.2, 0) is 17.9 Å². The van der Waals surface area contributed by atoms with Crippen molar-refractivity contribution in [2.24, 2.45) is 0 Å². The molecule has 0 radical (unpaired) electrons. The first-order valence-corrected chi connectivity index (χ1v) is 11.4. The van der Waals surface area contributed by atoms with Gasteiger partial charge in [0.2, 0.25) is 5.91 Å². The van der Waals surface area contributed by atoms with Crippen molar-refractivity contribution in [3.05, 3.63) is 95.3 Å². The number of nitrogens with zero attached hydrogens (tertiary/aromatic N) is 5. The zero-order valence-corrected chi connectivity index (χ0v) is 19.8. The van der Waals surface area contributed by atoms with Crippen molar-refractivity contribution in [2.75, 3.05) is 5.32 Å². The Morgan fingerprint density at radius 1 is 0.971 bits per heavy atom. The molecule has 35 heavy (non-hydrogen) atoms. The average molecular weight is 469 g/mol. The number of aromatic nitrogens is 5. The summed E-state index contributed by atoms with van der Waals surface area (Å²) in [7, 11) is 0. The van der Waals surface area contributed by atoms with Crippen molar-refractivity contribution in [1.29, 1.82) is 0 Å². The number of carbonyl (C=O) groups excluding carboxylic acids is 1. The highest BCUT2D eigenvalue weighted by Crippen LogP contribution is 2.30. The molecule has 3 heterocycles. The van der Waals surface area contributed by atoms with Gasteiger partial charge in [-0.15, -0.1) is 0 Å². The second-order valence-corrected chi connectivity index (χ2v) is 8.64. The van der Waals surface area contributed by atoms with Gasteiger partial charge < -0.3 is 5.32 Å². The molecule has 0 saturated carbocycles. The number of halogens is 1. The number of pyridine rings is 1. The molecule has 0 atom stereocenters.